The smallest absolute Gasteiger partial charge is 0.306 e. The van der Waals surface area contributed by atoms with E-state index < -0.39 is 0 Å². The molecule has 0 bridgehead atoms. The SMILES string of the molecule is CC/C=C\C/C=C\C/C=C\C/C=C\CCCCCCCCCCCCCCC(=O)OC1CCC2(C)C(=CCC3C2CCC2(C)C(C(C)CCCC(C)C)CCC32)C1. The summed E-state index contributed by atoms with van der Waals surface area (Å²) in [6.45, 7) is 14.8. The van der Waals surface area contributed by atoms with E-state index in [9.17, 15) is 4.79 Å². The van der Waals surface area contributed by atoms with Gasteiger partial charge in [0.25, 0.3) is 0 Å². The molecule has 0 aromatic heterocycles. The molecule has 0 saturated heterocycles. The standard InChI is InChI=1S/C55H92O2/c1-7-8-9-10-11-12-13-14-15-16-17-18-19-20-21-22-23-24-25-26-27-28-29-30-31-35-53(56)57-48-40-42-54(5)47(44-48)36-37-49-51-39-38-50(46(4)34-32-33-45(2)3)55(51,6)43-41-52(49)54/h8-9,11-12,14-15,17-18,36,45-46,48-52H,7,10,13,16,19-35,37-44H2,1-6H3/b9-8-,12-11-,15-14-,18-17-. The summed E-state index contributed by atoms with van der Waals surface area (Å²) in [7, 11) is 0. The first-order valence-corrected chi connectivity index (χ1v) is 25.2. The zero-order chi connectivity index (χ0) is 40.8. The summed E-state index contributed by atoms with van der Waals surface area (Å²) >= 11 is 0. The van der Waals surface area contributed by atoms with Gasteiger partial charge in [0.2, 0.25) is 0 Å². The van der Waals surface area contributed by atoms with E-state index in [2.05, 4.69) is 96.2 Å². The van der Waals surface area contributed by atoms with Crippen LogP contribution >= 0.6 is 0 Å². The monoisotopic (exact) mass is 785 g/mol. The van der Waals surface area contributed by atoms with E-state index in [1.54, 1.807) is 5.57 Å². The molecule has 3 fully saturated rings. The third kappa shape index (κ3) is 15.6. The highest BCUT2D eigenvalue weighted by Crippen LogP contribution is 2.67. The molecule has 8 unspecified atom stereocenters. The van der Waals surface area contributed by atoms with Gasteiger partial charge in [-0.15, -0.1) is 0 Å². The Balaban J connectivity index is 0.979. The predicted molar refractivity (Wildman–Crippen MR) is 248 cm³/mol. The summed E-state index contributed by atoms with van der Waals surface area (Å²) in [5, 5.41) is 0. The number of unbranched alkanes of at least 4 members (excludes halogenated alkanes) is 12. The summed E-state index contributed by atoms with van der Waals surface area (Å²) in [6, 6.07) is 0. The van der Waals surface area contributed by atoms with Crippen LogP contribution < -0.4 is 0 Å². The minimum Gasteiger partial charge on any atom is -0.462 e. The minimum atomic E-state index is 0.0595. The first-order chi connectivity index (χ1) is 27.7. The number of carbonyl (C=O) groups is 1. The van der Waals surface area contributed by atoms with Gasteiger partial charge < -0.3 is 4.74 Å². The number of hydrogen-bond acceptors (Lipinski definition) is 2. The van der Waals surface area contributed by atoms with Crippen molar-refractivity contribution >= 4 is 5.97 Å². The molecule has 0 radical (unpaired) electrons. The van der Waals surface area contributed by atoms with E-state index in [0.717, 1.165) is 80.5 Å². The molecular formula is C55H92O2. The predicted octanol–water partition coefficient (Wildman–Crippen LogP) is 17.2. The number of ether oxygens (including phenoxy) is 1. The number of hydrogen-bond donors (Lipinski definition) is 0. The van der Waals surface area contributed by atoms with Crippen LogP contribution in [0.1, 0.15) is 228 Å². The zero-order valence-corrected chi connectivity index (χ0v) is 38.6. The molecule has 3 saturated carbocycles. The quantitative estimate of drug-likeness (QED) is 0.0449. The molecule has 4 rings (SSSR count). The highest BCUT2D eigenvalue weighted by atomic mass is 16.5. The van der Waals surface area contributed by atoms with Crippen molar-refractivity contribution in [2.45, 2.75) is 234 Å². The first kappa shape index (κ1) is 47.8. The summed E-state index contributed by atoms with van der Waals surface area (Å²) in [5.41, 5.74) is 2.52. The van der Waals surface area contributed by atoms with E-state index in [4.69, 9.17) is 4.74 Å². The van der Waals surface area contributed by atoms with E-state index in [-0.39, 0.29) is 12.1 Å². The highest BCUT2D eigenvalue weighted by molar-refractivity contribution is 5.69. The van der Waals surface area contributed by atoms with Crippen LogP contribution in [-0.4, -0.2) is 12.1 Å². The molecule has 0 aromatic carbocycles. The molecule has 0 amide bonds. The van der Waals surface area contributed by atoms with Gasteiger partial charge in [-0.2, -0.15) is 0 Å². The van der Waals surface area contributed by atoms with Gasteiger partial charge in [0, 0.05) is 12.8 Å². The Hall–Kier alpha value is -1.83. The van der Waals surface area contributed by atoms with Crippen molar-refractivity contribution in [2.24, 2.45) is 46.3 Å². The van der Waals surface area contributed by atoms with Crippen LogP contribution in [0, 0.1) is 46.3 Å². The van der Waals surface area contributed by atoms with Gasteiger partial charge in [0.15, 0.2) is 0 Å². The molecule has 0 aliphatic heterocycles. The Morgan fingerprint density at radius 3 is 1.91 bits per heavy atom. The molecule has 4 aliphatic rings. The van der Waals surface area contributed by atoms with Crippen molar-refractivity contribution in [1.82, 2.24) is 0 Å². The maximum absolute atomic E-state index is 12.9. The van der Waals surface area contributed by atoms with Gasteiger partial charge in [-0.25, -0.2) is 0 Å². The molecule has 8 atom stereocenters. The van der Waals surface area contributed by atoms with Crippen LogP contribution in [0.4, 0.5) is 0 Å². The van der Waals surface area contributed by atoms with E-state index in [0.29, 0.717) is 17.3 Å². The van der Waals surface area contributed by atoms with E-state index in [1.807, 2.05) is 0 Å². The second-order valence-electron chi connectivity index (χ2n) is 20.4. The second-order valence-corrected chi connectivity index (χ2v) is 20.4. The first-order valence-electron chi connectivity index (χ1n) is 25.2. The molecule has 0 aromatic rings. The topological polar surface area (TPSA) is 26.3 Å². The fourth-order valence-electron chi connectivity index (χ4n) is 12.4. The van der Waals surface area contributed by atoms with Crippen LogP contribution in [0.15, 0.2) is 60.3 Å². The Kier molecular flexibility index (Phi) is 22.2. The van der Waals surface area contributed by atoms with Crippen LogP contribution in [0.3, 0.4) is 0 Å². The summed E-state index contributed by atoms with van der Waals surface area (Å²) in [4.78, 5) is 12.9. The number of fused-ring (bicyclic) bond motifs is 5. The fraction of sp³-hybridized carbons (Fsp3) is 0.800. The molecular weight excluding hydrogens is 693 g/mol. The van der Waals surface area contributed by atoms with Crippen LogP contribution in [0.2, 0.25) is 0 Å². The Labute approximate surface area is 354 Å². The number of carbonyl (C=O) groups excluding carboxylic acids is 1. The molecule has 57 heavy (non-hydrogen) atoms. The lowest BCUT2D eigenvalue weighted by atomic mass is 9.47. The van der Waals surface area contributed by atoms with Gasteiger partial charge >= 0.3 is 5.97 Å². The summed E-state index contributed by atoms with van der Waals surface area (Å²) in [6.07, 6.45) is 57.4. The van der Waals surface area contributed by atoms with Crippen LogP contribution in [0.5, 0.6) is 0 Å². The van der Waals surface area contributed by atoms with Gasteiger partial charge in [0.05, 0.1) is 0 Å². The third-order valence-corrected chi connectivity index (χ3v) is 15.8. The number of esters is 1. The van der Waals surface area contributed by atoms with Crippen molar-refractivity contribution in [3.05, 3.63) is 60.3 Å². The van der Waals surface area contributed by atoms with Crippen molar-refractivity contribution in [2.75, 3.05) is 0 Å². The van der Waals surface area contributed by atoms with Crippen molar-refractivity contribution in [1.29, 1.82) is 0 Å². The van der Waals surface area contributed by atoms with Gasteiger partial charge in [-0.1, -0.05) is 185 Å². The molecule has 0 heterocycles. The molecule has 2 nitrogen and oxygen atoms in total. The fourth-order valence-corrected chi connectivity index (χ4v) is 12.4. The van der Waals surface area contributed by atoms with Crippen LogP contribution in [0.25, 0.3) is 0 Å². The number of rotatable bonds is 28. The zero-order valence-electron chi connectivity index (χ0n) is 38.6. The molecule has 4 aliphatic carbocycles. The van der Waals surface area contributed by atoms with Gasteiger partial charge in [-0.05, 0) is 136 Å². The maximum atomic E-state index is 12.9. The molecule has 0 spiro atoms. The summed E-state index contributed by atoms with van der Waals surface area (Å²) in [5.74, 6) is 5.30. The third-order valence-electron chi connectivity index (χ3n) is 15.8. The lowest BCUT2D eigenvalue weighted by molar-refractivity contribution is -0.151. The Morgan fingerprint density at radius 2 is 1.28 bits per heavy atom. The van der Waals surface area contributed by atoms with Gasteiger partial charge in [0.1, 0.15) is 6.10 Å². The maximum Gasteiger partial charge on any atom is 0.306 e. The average molecular weight is 785 g/mol. The second kappa shape index (κ2) is 26.4. The van der Waals surface area contributed by atoms with Crippen molar-refractivity contribution in [3.8, 4) is 0 Å². The largest absolute Gasteiger partial charge is 0.462 e. The molecule has 324 valence electrons. The van der Waals surface area contributed by atoms with Crippen LogP contribution in [-0.2, 0) is 9.53 Å². The minimum absolute atomic E-state index is 0.0595. The average Bonchev–Trinajstić information content (AvgIpc) is 3.55. The normalized spacial score (nSPS) is 29.4. The lowest BCUT2D eigenvalue weighted by Gasteiger charge is -2.58. The molecule has 2 heteroatoms. The Bertz CT molecular complexity index is 1260. The Morgan fingerprint density at radius 1 is 0.684 bits per heavy atom. The highest BCUT2D eigenvalue weighted by Gasteiger charge is 2.59. The van der Waals surface area contributed by atoms with Crippen molar-refractivity contribution in [3.63, 3.8) is 0 Å². The lowest BCUT2D eigenvalue weighted by Crippen LogP contribution is -2.51. The molecule has 0 N–H and O–H groups in total. The van der Waals surface area contributed by atoms with Crippen molar-refractivity contribution < 1.29 is 9.53 Å². The van der Waals surface area contributed by atoms with E-state index in [1.165, 1.54) is 135 Å². The number of allylic oxidation sites excluding steroid dienone is 9. The van der Waals surface area contributed by atoms with E-state index >= 15 is 0 Å². The summed E-state index contributed by atoms with van der Waals surface area (Å²) < 4.78 is 6.16. The van der Waals surface area contributed by atoms with Gasteiger partial charge in [-0.3, -0.25) is 4.79 Å².